The van der Waals surface area contributed by atoms with E-state index in [0.29, 0.717) is 74.7 Å². The highest BCUT2D eigenvalue weighted by Crippen LogP contribution is 2.35. The number of methoxy groups -OCH3 is 1. The van der Waals surface area contributed by atoms with Gasteiger partial charge in [-0.25, -0.2) is 4.39 Å². The van der Waals surface area contributed by atoms with E-state index in [-0.39, 0.29) is 23.1 Å². The number of hydrogen-bond donors (Lipinski definition) is 2. The van der Waals surface area contributed by atoms with Gasteiger partial charge in [0.15, 0.2) is 0 Å². The first-order valence-electron chi connectivity index (χ1n) is 14.3. The van der Waals surface area contributed by atoms with Gasteiger partial charge in [-0.15, -0.1) is 0 Å². The Kier molecular flexibility index (Phi) is 8.82. The molecular formula is C29H41FN6O3. The first-order valence-corrected chi connectivity index (χ1v) is 14.3. The van der Waals surface area contributed by atoms with E-state index in [0.717, 1.165) is 56.8 Å². The first-order chi connectivity index (χ1) is 18.9. The van der Waals surface area contributed by atoms with E-state index in [2.05, 4.69) is 21.3 Å². The van der Waals surface area contributed by atoms with Crippen molar-refractivity contribution in [1.29, 1.82) is 0 Å². The third-order valence-electron chi connectivity index (χ3n) is 8.43. The van der Waals surface area contributed by atoms with Crippen molar-refractivity contribution < 1.29 is 13.9 Å². The Hall–Kier alpha value is -2.98. The van der Waals surface area contributed by atoms with Crippen LogP contribution in [0.4, 0.5) is 21.8 Å². The predicted molar refractivity (Wildman–Crippen MR) is 152 cm³/mol. The number of anilines is 3. The molecule has 1 unspecified atom stereocenters. The summed E-state index contributed by atoms with van der Waals surface area (Å²) in [5.74, 6) is 1.15. The SMILES string of the molecule is COCCC1CCC(=O)CCN(c2nc3c(c(=O)[nH]2)CCCN3C)CCc2c(F)cc(N3CCNCC3)cc21. The summed E-state index contributed by atoms with van der Waals surface area (Å²) < 4.78 is 21.3. The maximum absolute atomic E-state index is 15.9. The largest absolute Gasteiger partial charge is 0.385 e. The van der Waals surface area contributed by atoms with Crippen LogP contribution in [0.3, 0.4) is 0 Å². The Bertz CT molecular complexity index is 1230. The predicted octanol–water partition coefficient (Wildman–Crippen LogP) is 2.62. The highest BCUT2D eigenvalue weighted by Gasteiger charge is 2.26. The van der Waals surface area contributed by atoms with Crippen molar-refractivity contribution in [1.82, 2.24) is 15.3 Å². The van der Waals surface area contributed by atoms with Gasteiger partial charge in [-0.3, -0.25) is 14.6 Å². The van der Waals surface area contributed by atoms with Gasteiger partial charge in [0.05, 0.1) is 5.56 Å². The zero-order valence-corrected chi connectivity index (χ0v) is 23.2. The summed E-state index contributed by atoms with van der Waals surface area (Å²) >= 11 is 0. The molecule has 0 saturated carbocycles. The van der Waals surface area contributed by atoms with Gasteiger partial charge in [-0.05, 0) is 61.3 Å². The minimum Gasteiger partial charge on any atom is -0.385 e. The topological polar surface area (TPSA) is 93.8 Å². The fourth-order valence-corrected chi connectivity index (χ4v) is 6.15. The first kappa shape index (κ1) is 27.6. The van der Waals surface area contributed by atoms with Crippen LogP contribution in [0.5, 0.6) is 0 Å². The van der Waals surface area contributed by atoms with E-state index in [1.807, 2.05) is 16.8 Å². The lowest BCUT2D eigenvalue weighted by molar-refractivity contribution is -0.119. The number of Topliss-reactive ketones (excluding diaryl/α,β-unsaturated/α-hetero) is 1. The average molecular weight is 541 g/mol. The number of ketones is 1. The van der Waals surface area contributed by atoms with Crippen molar-refractivity contribution >= 4 is 23.2 Å². The standard InChI is InChI=1S/C29H41FN6O3/c1-34-12-3-4-24-27(34)32-29(33-28(24)38)36-13-7-22(37)6-5-20(9-17-39-2)25-18-21(35-15-10-31-11-16-35)19-26(30)23(25)8-14-36/h18-20,31H,3-17H2,1-2H3,(H,32,33,38). The second-order valence-electron chi connectivity index (χ2n) is 11.0. The molecule has 1 aromatic heterocycles. The number of H-pyrrole nitrogens is 1. The van der Waals surface area contributed by atoms with Crippen LogP contribution in [0.1, 0.15) is 54.7 Å². The lowest BCUT2D eigenvalue weighted by Crippen LogP contribution is -2.43. The number of aromatic amines is 1. The zero-order valence-electron chi connectivity index (χ0n) is 23.2. The molecule has 1 atom stereocenters. The highest BCUT2D eigenvalue weighted by atomic mass is 19.1. The number of nitrogens with zero attached hydrogens (tertiary/aromatic N) is 4. The number of halogens is 1. The van der Waals surface area contributed by atoms with Crippen molar-refractivity contribution in [3.8, 4) is 0 Å². The van der Waals surface area contributed by atoms with Crippen LogP contribution in [-0.2, 0) is 22.4 Å². The molecule has 2 N–H and O–H groups in total. The Morgan fingerprint density at radius 2 is 1.79 bits per heavy atom. The van der Waals surface area contributed by atoms with Crippen LogP contribution in [-0.4, -0.2) is 82.3 Å². The molecule has 0 spiro atoms. The Labute approximate surface area is 229 Å². The number of rotatable bonds is 5. The minimum atomic E-state index is -0.208. The zero-order chi connectivity index (χ0) is 27.4. The number of fused-ring (bicyclic) bond motifs is 2. The van der Waals surface area contributed by atoms with E-state index in [1.165, 1.54) is 0 Å². The summed E-state index contributed by atoms with van der Waals surface area (Å²) in [6.07, 6.45) is 4.27. The average Bonchev–Trinajstić information content (AvgIpc) is 2.97. The quantitative estimate of drug-likeness (QED) is 0.598. The van der Waals surface area contributed by atoms with Gasteiger partial charge >= 0.3 is 0 Å². The Morgan fingerprint density at radius 1 is 1.00 bits per heavy atom. The van der Waals surface area contributed by atoms with Gasteiger partial charge in [0.25, 0.3) is 5.56 Å². The Morgan fingerprint density at radius 3 is 2.59 bits per heavy atom. The van der Waals surface area contributed by atoms with E-state index >= 15 is 4.39 Å². The van der Waals surface area contributed by atoms with Crippen LogP contribution in [0, 0.1) is 5.82 Å². The van der Waals surface area contributed by atoms with Gasteiger partial charge in [0, 0.05) is 85.1 Å². The summed E-state index contributed by atoms with van der Waals surface area (Å²) in [6, 6.07) is 3.81. The van der Waals surface area contributed by atoms with Gasteiger partial charge < -0.3 is 24.8 Å². The fraction of sp³-hybridized carbons (Fsp3) is 0.621. The molecule has 9 nitrogen and oxygen atoms in total. The molecule has 3 aliphatic heterocycles. The number of benzene rings is 1. The number of ether oxygens (including phenoxy) is 1. The molecule has 2 aromatic rings. The third kappa shape index (κ3) is 6.27. The summed E-state index contributed by atoms with van der Waals surface area (Å²) in [4.78, 5) is 39.9. The van der Waals surface area contributed by atoms with Crippen molar-refractivity contribution in [3.05, 3.63) is 45.0 Å². The minimum absolute atomic E-state index is 0.0307. The lowest BCUT2D eigenvalue weighted by atomic mass is 9.85. The lowest BCUT2D eigenvalue weighted by Gasteiger charge is -2.31. The monoisotopic (exact) mass is 540 g/mol. The van der Waals surface area contributed by atoms with E-state index in [1.54, 1.807) is 13.2 Å². The van der Waals surface area contributed by atoms with Crippen molar-refractivity contribution in [2.24, 2.45) is 0 Å². The van der Waals surface area contributed by atoms with Crippen LogP contribution < -0.4 is 25.6 Å². The van der Waals surface area contributed by atoms with Crippen molar-refractivity contribution in [2.75, 3.05) is 81.3 Å². The second-order valence-corrected chi connectivity index (χ2v) is 11.0. The normalized spacial score (nSPS) is 20.8. The smallest absolute Gasteiger partial charge is 0.257 e. The number of hydrogen-bond acceptors (Lipinski definition) is 8. The third-order valence-corrected chi connectivity index (χ3v) is 8.43. The fourth-order valence-electron chi connectivity index (χ4n) is 6.15. The molecule has 1 fully saturated rings. The molecule has 0 bridgehead atoms. The molecule has 0 amide bonds. The molecule has 3 aliphatic rings. The van der Waals surface area contributed by atoms with Gasteiger partial charge in [-0.1, -0.05) is 0 Å². The summed E-state index contributed by atoms with van der Waals surface area (Å²) in [5, 5.41) is 3.36. The molecule has 212 valence electrons. The van der Waals surface area contributed by atoms with Gasteiger partial charge in [0.1, 0.15) is 17.4 Å². The summed E-state index contributed by atoms with van der Waals surface area (Å²) in [5.41, 5.74) is 3.14. The van der Waals surface area contributed by atoms with E-state index < -0.39 is 0 Å². The van der Waals surface area contributed by atoms with Crippen LogP contribution in [0.25, 0.3) is 0 Å². The van der Waals surface area contributed by atoms with Gasteiger partial charge in [-0.2, -0.15) is 4.98 Å². The number of nitrogens with one attached hydrogen (secondary N) is 2. The maximum atomic E-state index is 15.9. The van der Waals surface area contributed by atoms with Crippen molar-refractivity contribution in [2.45, 2.75) is 50.9 Å². The van der Waals surface area contributed by atoms with Crippen LogP contribution >= 0.6 is 0 Å². The Balaban J connectivity index is 1.51. The number of carbonyl (C=O) groups is 1. The number of piperazine rings is 1. The van der Waals surface area contributed by atoms with E-state index in [9.17, 15) is 9.59 Å². The van der Waals surface area contributed by atoms with Gasteiger partial charge in [0.2, 0.25) is 5.95 Å². The molecule has 39 heavy (non-hydrogen) atoms. The second kappa shape index (κ2) is 12.5. The number of carbonyl (C=O) groups excluding carboxylic acids is 1. The van der Waals surface area contributed by atoms with Crippen LogP contribution in [0.15, 0.2) is 16.9 Å². The molecule has 10 heteroatoms. The molecule has 1 aromatic carbocycles. The summed E-state index contributed by atoms with van der Waals surface area (Å²) in [6.45, 7) is 5.69. The highest BCUT2D eigenvalue weighted by molar-refractivity contribution is 5.79. The molecule has 0 radical (unpaired) electrons. The molecule has 4 heterocycles. The van der Waals surface area contributed by atoms with Crippen molar-refractivity contribution in [3.63, 3.8) is 0 Å². The molecule has 1 saturated heterocycles. The molecule has 0 aliphatic carbocycles. The summed E-state index contributed by atoms with van der Waals surface area (Å²) in [7, 11) is 3.63. The van der Waals surface area contributed by atoms with E-state index in [4.69, 9.17) is 9.72 Å². The maximum Gasteiger partial charge on any atom is 0.257 e. The molecular weight excluding hydrogens is 499 g/mol. The molecule has 5 rings (SSSR count). The van der Waals surface area contributed by atoms with Crippen LogP contribution in [0.2, 0.25) is 0 Å². The number of aromatic nitrogens is 2.